The van der Waals surface area contributed by atoms with Crippen LogP contribution in [-0.4, -0.2) is 33.9 Å². The summed E-state index contributed by atoms with van der Waals surface area (Å²) in [5.41, 5.74) is 3.85. The number of fused-ring (bicyclic) bond motifs is 2. The van der Waals surface area contributed by atoms with Crippen molar-refractivity contribution < 1.29 is 4.39 Å². The lowest BCUT2D eigenvalue weighted by Gasteiger charge is -2.32. The van der Waals surface area contributed by atoms with Crippen molar-refractivity contribution in [3.63, 3.8) is 0 Å². The zero-order chi connectivity index (χ0) is 19.3. The van der Waals surface area contributed by atoms with Crippen LogP contribution in [0.15, 0.2) is 29.8 Å². The van der Waals surface area contributed by atoms with Crippen molar-refractivity contribution in [3.05, 3.63) is 57.4 Å². The Kier molecular flexibility index (Phi) is 4.73. The molecule has 1 aliphatic rings. The highest BCUT2D eigenvalue weighted by Gasteiger charge is 2.23. The Morgan fingerprint density at radius 1 is 1.21 bits per heavy atom. The number of halogens is 1. The number of aryl methyl sites for hydroxylation is 2. The molecule has 0 amide bonds. The largest absolute Gasteiger partial charge is 0.303 e. The zero-order valence-corrected chi connectivity index (χ0v) is 17.9. The molecule has 28 heavy (non-hydrogen) atoms. The van der Waals surface area contributed by atoms with Crippen molar-refractivity contribution in [1.82, 2.24) is 14.3 Å². The minimum Gasteiger partial charge on any atom is -0.303 e. The first-order chi connectivity index (χ1) is 13.6. The highest BCUT2D eigenvalue weighted by Crippen LogP contribution is 2.37. The van der Waals surface area contributed by atoms with E-state index in [0.717, 1.165) is 41.4 Å². The summed E-state index contributed by atoms with van der Waals surface area (Å²) in [5.74, 6) is 0.465. The molecule has 3 nitrogen and oxygen atoms in total. The Morgan fingerprint density at radius 3 is 2.82 bits per heavy atom. The SMILES string of the molecule is Cc1cn2c(C)c(CCN3CCC(c4csc5cc(F)ccc45)CC3)sc2n1. The third kappa shape index (κ3) is 3.27. The van der Waals surface area contributed by atoms with Crippen molar-refractivity contribution in [1.29, 1.82) is 0 Å². The van der Waals surface area contributed by atoms with Crippen LogP contribution in [0.4, 0.5) is 4.39 Å². The fourth-order valence-electron chi connectivity index (χ4n) is 4.40. The van der Waals surface area contributed by atoms with Crippen LogP contribution in [-0.2, 0) is 6.42 Å². The lowest BCUT2D eigenvalue weighted by atomic mass is 9.89. The third-order valence-electron chi connectivity index (χ3n) is 6.02. The maximum absolute atomic E-state index is 13.5. The van der Waals surface area contributed by atoms with Crippen LogP contribution in [0.5, 0.6) is 0 Å². The minimum atomic E-state index is -0.137. The molecule has 6 heteroatoms. The minimum absolute atomic E-state index is 0.137. The molecule has 3 aromatic heterocycles. The average Bonchev–Trinajstić information content (AvgIpc) is 3.34. The number of aromatic nitrogens is 2. The molecule has 0 spiro atoms. The number of rotatable bonds is 4. The molecule has 4 aromatic rings. The molecule has 1 aliphatic heterocycles. The van der Waals surface area contributed by atoms with Gasteiger partial charge in [-0.15, -0.1) is 22.7 Å². The topological polar surface area (TPSA) is 20.5 Å². The number of piperidine rings is 1. The summed E-state index contributed by atoms with van der Waals surface area (Å²) in [7, 11) is 0. The van der Waals surface area contributed by atoms with E-state index in [0.29, 0.717) is 5.92 Å². The maximum Gasteiger partial charge on any atom is 0.194 e. The van der Waals surface area contributed by atoms with Crippen molar-refractivity contribution in [2.45, 2.75) is 39.0 Å². The molecule has 1 fully saturated rings. The van der Waals surface area contributed by atoms with Gasteiger partial charge < -0.3 is 4.90 Å². The van der Waals surface area contributed by atoms with Gasteiger partial charge in [-0.2, -0.15) is 0 Å². The molecule has 1 saturated heterocycles. The number of hydrogen-bond donors (Lipinski definition) is 0. The monoisotopic (exact) mass is 413 g/mol. The lowest BCUT2D eigenvalue weighted by molar-refractivity contribution is 0.215. The molecular formula is C22H24FN3S2. The Bertz CT molecular complexity index is 1130. The lowest BCUT2D eigenvalue weighted by Crippen LogP contribution is -2.34. The number of likely N-dealkylation sites (tertiary alicyclic amines) is 1. The van der Waals surface area contributed by atoms with Crippen LogP contribution in [0.3, 0.4) is 0 Å². The van der Waals surface area contributed by atoms with Gasteiger partial charge in [0, 0.05) is 28.0 Å². The summed E-state index contributed by atoms with van der Waals surface area (Å²) in [5, 5.41) is 3.50. The molecule has 0 bridgehead atoms. The standard InChI is InChI=1S/C22H24FN3S2/c1-14-12-26-15(2)20(28-22(26)24-14)7-10-25-8-5-16(6-9-25)19-13-27-21-11-17(23)3-4-18(19)21/h3-4,11-13,16H,5-10H2,1-2H3. The molecule has 1 aromatic carbocycles. The Morgan fingerprint density at radius 2 is 2.04 bits per heavy atom. The number of hydrogen-bond acceptors (Lipinski definition) is 4. The predicted octanol–water partition coefficient (Wildman–Crippen LogP) is 5.79. The van der Waals surface area contributed by atoms with E-state index in [1.165, 1.54) is 34.4 Å². The number of benzene rings is 1. The molecule has 0 saturated carbocycles. The van der Waals surface area contributed by atoms with E-state index in [2.05, 4.69) is 39.7 Å². The first-order valence-corrected chi connectivity index (χ1v) is 11.6. The maximum atomic E-state index is 13.5. The molecule has 0 radical (unpaired) electrons. The second-order valence-electron chi connectivity index (χ2n) is 7.84. The summed E-state index contributed by atoms with van der Waals surface area (Å²) in [4.78, 5) is 9.77. The van der Waals surface area contributed by atoms with E-state index in [1.807, 2.05) is 17.4 Å². The van der Waals surface area contributed by atoms with Gasteiger partial charge in [0.25, 0.3) is 0 Å². The summed E-state index contributed by atoms with van der Waals surface area (Å²) in [6.45, 7) is 7.66. The molecule has 5 rings (SSSR count). The van der Waals surface area contributed by atoms with E-state index in [-0.39, 0.29) is 5.82 Å². The third-order valence-corrected chi connectivity index (χ3v) is 8.20. The Balaban J connectivity index is 1.22. The molecule has 146 valence electrons. The first-order valence-electron chi connectivity index (χ1n) is 9.91. The first kappa shape index (κ1) is 18.3. The van der Waals surface area contributed by atoms with Gasteiger partial charge in [-0.25, -0.2) is 9.37 Å². The van der Waals surface area contributed by atoms with Gasteiger partial charge in [0.2, 0.25) is 0 Å². The fraction of sp³-hybridized carbons (Fsp3) is 0.409. The number of thiophene rings is 1. The predicted molar refractivity (Wildman–Crippen MR) is 116 cm³/mol. The van der Waals surface area contributed by atoms with Gasteiger partial charge in [-0.05, 0) is 80.6 Å². The number of nitrogens with zero attached hydrogens (tertiary/aromatic N) is 3. The highest BCUT2D eigenvalue weighted by atomic mass is 32.1. The van der Waals surface area contributed by atoms with E-state index >= 15 is 0 Å². The normalized spacial score (nSPS) is 16.5. The van der Waals surface area contributed by atoms with E-state index in [4.69, 9.17) is 0 Å². The molecular weight excluding hydrogens is 389 g/mol. The fourth-order valence-corrected chi connectivity index (χ4v) is 6.61. The van der Waals surface area contributed by atoms with E-state index < -0.39 is 0 Å². The molecule has 4 heterocycles. The summed E-state index contributed by atoms with van der Waals surface area (Å²) < 4.78 is 16.8. The number of imidazole rings is 1. The Hall–Kier alpha value is -1.76. The van der Waals surface area contributed by atoms with Crippen molar-refractivity contribution in [2.75, 3.05) is 19.6 Å². The van der Waals surface area contributed by atoms with Crippen LogP contribution in [0.2, 0.25) is 0 Å². The van der Waals surface area contributed by atoms with Crippen LogP contribution in [0.1, 0.15) is 40.6 Å². The molecule has 0 aliphatic carbocycles. The van der Waals surface area contributed by atoms with E-state index in [9.17, 15) is 4.39 Å². The van der Waals surface area contributed by atoms with Gasteiger partial charge >= 0.3 is 0 Å². The summed E-state index contributed by atoms with van der Waals surface area (Å²) in [6, 6.07) is 5.22. The Labute approximate surface area is 172 Å². The average molecular weight is 414 g/mol. The smallest absolute Gasteiger partial charge is 0.194 e. The second-order valence-corrected chi connectivity index (χ2v) is 9.82. The van der Waals surface area contributed by atoms with Crippen molar-refractivity contribution in [2.24, 2.45) is 0 Å². The summed E-state index contributed by atoms with van der Waals surface area (Å²) in [6.07, 6.45) is 5.61. The zero-order valence-electron chi connectivity index (χ0n) is 16.2. The second kappa shape index (κ2) is 7.25. The van der Waals surface area contributed by atoms with Crippen molar-refractivity contribution in [3.8, 4) is 0 Å². The quantitative estimate of drug-likeness (QED) is 0.422. The van der Waals surface area contributed by atoms with Crippen LogP contribution in [0, 0.1) is 19.7 Å². The number of thiazole rings is 1. The van der Waals surface area contributed by atoms with Gasteiger partial charge in [-0.3, -0.25) is 4.40 Å². The highest BCUT2D eigenvalue weighted by molar-refractivity contribution is 7.17. The van der Waals surface area contributed by atoms with Gasteiger partial charge in [0.05, 0.1) is 5.69 Å². The summed E-state index contributed by atoms with van der Waals surface area (Å²) >= 11 is 3.51. The van der Waals surface area contributed by atoms with Gasteiger partial charge in [-0.1, -0.05) is 6.07 Å². The van der Waals surface area contributed by atoms with Gasteiger partial charge in [0.1, 0.15) is 5.82 Å². The van der Waals surface area contributed by atoms with Crippen LogP contribution >= 0.6 is 22.7 Å². The van der Waals surface area contributed by atoms with Crippen LogP contribution in [0.25, 0.3) is 15.0 Å². The molecule has 0 atom stereocenters. The molecule has 0 unspecified atom stereocenters. The van der Waals surface area contributed by atoms with Crippen molar-refractivity contribution >= 4 is 37.7 Å². The van der Waals surface area contributed by atoms with Crippen LogP contribution < -0.4 is 0 Å². The van der Waals surface area contributed by atoms with Gasteiger partial charge in [0.15, 0.2) is 4.96 Å². The molecule has 0 N–H and O–H groups in total. The van der Waals surface area contributed by atoms with E-state index in [1.54, 1.807) is 23.5 Å².